The molecule has 24 heavy (non-hydrogen) atoms. The van der Waals surface area contributed by atoms with E-state index < -0.39 is 42.4 Å². The highest BCUT2D eigenvalue weighted by molar-refractivity contribution is 5.77. The fraction of sp³-hybridized carbons (Fsp3) is 0.429. The molecule has 10 nitrogen and oxygen atoms in total. The van der Waals surface area contributed by atoms with Crippen LogP contribution in [-0.2, 0) is 11.3 Å². The summed E-state index contributed by atoms with van der Waals surface area (Å²) < 4.78 is 7.61. The highest BCUT2D eigenvalue weighted by Gasteiger charge is 2.44. The first-order chi connectivity index (χ1) is 11.4. The molecule has 4 atom stereocenters. The van der Waals surface area contributed by atoms with Crippen LogP contribution in [0.3, 0.4) is 0 Å². The number of anilines is 1. The fourth-order valence-corrected chi connectivity index (χ4v) is 2.97. The highest BCUT2D eigenvalue weighted by Crippen LogP contribution is 2.30. The van der Waals surface area contributed by atoms with Crippen LogP contribution in [0.2, 0.25) is 0 Å². The molecule has 10 heteroatoms. The first kappa shape index (κ1) is 16.5. The van der Waals surface area contributed by atoms with Crippen molar-refractivity contribution in [3.8, 4) is 0 Å². The predicted molar refractivity (Wildman–Crippen MR) is 84.4 cm³/mol. The average Bonchev–Trinajstić information content (AvgIpc) is 2.96. The van der Waals surface area contributed by atoms with Crippen molar-refractivity contribution in [1.82, 2.24) is 14.1 Å². The Labute approximate surface area is 135 Å². The van der Waals surface area contributed by atoms with Gasteiger partial charge in [-0.25, -0.2) is 4.79 Å². The number of aromatic amines is 1. The third-order valence-corrected chi connectivity index (χ3v) is 4.06. The zero-order chi connectivity index (χ0) is 17.6. The summed E-state index contributed by atoms with van der Waals surface area (Å²) in [5, 5.41) is 29.3. The highest BCUT2D eigenvalue weighted by atomic mass is 16.6. The summed E-state index contributed by atoms with van der Waals surface area (Å²) in [5.41, 5.74) is 4.64. The summed E-state index contributed by atoms with van der Waals surface area (Å²) in [7, 11) is 0. The third kappa shape index (κ3) is 2.27. The average molecular weight is 338 g/mol. The molecular formula is C14H18N4O6. The number of allylic oxidation sites excluding steroid dienone is 1. The molecule has 1 saturated heterocycles. The zero-order valence-electron chi connectivity index (χ0n) is 12.6. The molecule has 2 aromatic heterocycles. The summed E-state index contributed by atoms with van der Waals surface area (Å²) in [5.74, 6) is 0.0312. The van der Waals surface area contributed by atoms with Gasteiger partial charge in [0, 0.05) is 12.6 Å². The molecule has 3 heterocycles. The number of H-pyrrole nitrogens is 1. The van der Waals surface area contributed by atoms with Gasteiger partial charge in [-0.2, -0.15) is 0 Å². The van der Waals surface area contributed by atoms with Crippen LogP contribution in [0.15, 0.2) is 28.3 Å². The molecule has 1 aliphatic rings. The minimum Gasteiger partial charge on any atom is -0.394 e. The second kappa shape index (κ2) is 5.91. The van der Waals surface area contributed by atoms with Crippen molar-refractivity contribution in [2.75, 3.05) is 12.3 Å². The quantitative estimate of drug-likeness (QED) is 0.399. The molecule has 0 spiro atoms. The van der Waals surface area contributed by atoms with Gasteiger partial charge in [-0.1, -0.05) is 6.08 Å². The van der Waals surface area contributed by atoms with Gasteiger partial charge in [-0.05, 0) is 0 Å². The van der Waals surface area contributed by atoms with E-state index in [4.69, 9.17) is 10.5 Å². The zero-order valence-corrected chi connectivity index (χ0v) is 12.6. The van der Waals surface area contributed by atoms with E-state index in [0.717, 1.165) is 9.13 Å². The Morgan fingerprint density at radius 3 is 2.67 bits per heavy atom. The smallest absolute Gasteiger partial charge is 0.331 e. The van der Waals surface area contributed by atoms with Gasteiger partial charge in [0.25, 0.3) is 5.56 Å². The van der Waals surface area contributed by atoms with Gasteiger partial charge in [0.2, 0.25) is 0 Å². The molecule has 0 saturated carbocycles. The largest absolute Gasteiger partial charge is 0.394 e. The number of nitrogens with one attached hydrogen (secondary N) is 1. The number of hydrogen-bond donors (Lipinski definition) is 5. The first-order valence-corrected chi connectivity index (χ1v) is 7.27. The lowest BCUT2D eigenvalue weighted by atomic mass is 10.1. The number of hydrogen-bond acceptors (Lipinski definition) is 7. The van der Waals surface area contributed by atoms with Crippen molar-refractivity contribution in [2.24, 2.45) is 0 Å². The van der Waals surface area contributed by atoms with Crippen molar-refractivity contribution in [1.29, 1.82) is 0 Å². The third-order valence-electron chi connectivity index (χ3n) is 4.06. The lowest BCUT2D eigenvalue weighted by molar-refractivity contribution is -0.0525. The van der Waals surface area contributed by atoms with Crippen molar-refractivity contribution in [3.05, 3.63) is 39.6 Å². The van der Waals surface area contributed by atoms with Crippen LogP contribution < -0.4 is 17.0 Å². The van der Waals surface area contributed by atoms with Crippen LogP contribution in [0, 0.1) is 0 Å². The molecule has 3 rings (SSSR count). The van der Waals surface area contributed by atoms with Crippen LogP contribution in [0.4, 0.5) is 5.82 Å². The number of nitrogens with zero attached hydrogens (tertiary/aromatic N) is 2. The Hall–Kier alpha value is -2.40. The van der Waals surface area contributed by atoms with E-state index in [1.807, 2.05) is 0 Å². The standard InChI is InChI=1S/C14H18N4O6/c1-2-3-17-9-6(4-8(15)16-12(9)22)18(14(17)23)13-11(21)10(20)7(5-19)24-13/h2,4,7,10-11,13,19-21H,1,3,5H2,(H3,15,16,22). The lowest BCUT2D eigenvalue weighted by Crippen LogP contribution is -2.35. The number of nitrogens with two attached hydrogens (primary N) is 1. The van der Waals surface area contributed by atoms with Crippen molar-refractivity contribution < 1.29 is 20.1 Å². The minimum absolute atomic E-state index is 0.0312. The molecule has 2 aromatic rings. The van der Waals surface area contributed by atoms with Crippen LogP contribution in [0.25, 0.3) is 11.0 Å². The second-order valence-electron chi connectivity index (χ2n) is 5.57. The summed E-state index contributed by atoms with van der Waals surface area (Å²) in [6.45, 7) is 3.08. The van der Waals surface area contributed by atoms with Crippen LogP contribution in [0.5, 0.6) is 0 Å². The van der Waals surface area contributed by atoms with Gasteiger partial charge in [0.05, 0.1) is 12.1 Å². The Morgan fingerprint density at radius 2 is 2.08 bits per heavy atom. The molecule has 0 aliphatic carbocycles. The van der Waals surface area contributed by atoms with Gasteiger partial charge >= 0.3 is 5.69 Å². The molecule has 6 N–H and O–H groups in total. The van der Waals surface area contributed by atoms with Gasteiger partial charge in [0.1, 0.15) is 29.6 Å². The maximum absolute atomic E-state index is 12.7. The SMILES string of the molecule is C=CCn1c(=O)n(C2OC(CO)C(O)C2O)c2cc(N)[nH]c(=O)c21. The second-order valence-corrected chi connectivity index (χ2v) is 5.57. The molecule has 0 radical (unpaired) electrons. The fourth-order valence-electron chi connectivity index (χ4n) is 2.97. The minimum atomic E-state index is -1.46. The van der Waals surface area contributed by atoms with Crippen LogP contribution in [0.1, 0.15) is 6.23 Å². The number of nitrogen functional groups attached to an aromatic ring is 1. The van der Waals surface area contributed by atoms with Crippen LogP contribution in [-0.4, -0.2) is 54.4 Å². The number of ether oxygens (including phenoxy) is 1. The summed E-state index contributed by atoms with van der Waals surface area (Å²) in [4.78, 5) is 27.3. The van der Waals surface area contributed by atoms with E-state index in [9.17, 15) is 24.9 Å². The number of pyridine rings is 1. The number of rotatable bonds is 4. The first-order valence-electron chi connectivity index (χ1n) is 7.27. The Kier molecular flexibility index (Phi) is 4.05. The number of aromatic nitrogens is 3. The van der Waals surface area contributed by atoms with E-state index in [1.54, 1.807) is 0 Å². The normalized spacial score (nSPS) is 27.0. The van der Waals surface area contributed by atoms with Gasteiger partial charge in [-0.15, -0.1) is 6.58 Å². The molecule has 1 fully saturated rings. The molecule has 0 bridgehead atoms. The van der Waals surface area contributed by atoms with E-state index >= 15 is 0 Å². The van der Waals surface area contributed by atoms with Gasteiger partial charge in [-0.3, -0.25) is 13.9 Å². The molecule has 0 aromatic carbocycles. The number of fused-ring (bicyclic) bond motifs is 1. The summed E-state index contributed by atoms with van der Waals surface area (Å²) in [6, 6.07) is 1.37. The Morgan fingerprint density at radius 1 is 1.38 bits per heavy atom. The monoisotopic (exact) mass is 338 g/mol. The molecule has 130 valence electrons. The summed E-state index contributed by atoms with van der Waals surface area (Å²) in [6.07, 6.45) is -3.70. The Balaban J connectivity index is 2.29. The van der Waals surface area contributed by atoms with Crippen molar-refractivity contribution in [3.63, 3.8) is 0 Å². The van der Waals surface area contributed by atoms with Crippen LogP contribution >= 0.6 is 0 Å². The van der Waals surface area contributed by atoms with E-state index in [-0.39, 0.29) is 23.4 Å². The maximum Gasteiger partial charge on any atom is 0.331 e. The molecule has 4 unspecified atom stereocenters. The topological polar surface area (TPSA) is 156 Å². The van der Waals surface area contributed by atoms with Crippen molar-refractivity contribution in [2.45, 2.75) is 31.1 Å². The number of aliphatic hydroxyl groups excluding tert-OH is 3. The van der Waals surface area contributed by atoms with Gasteiger partial charge in [0.15, 0.2) is 6.23 Å². The maximum atomic E-state index is 12.7. The number of imidazole rings is 1. The Bertz CT molecular complexity index is 897. The van der Waals surface area contributed by atoms with E-state index in [1.165, 1.54) is 12.1 Å². The van der Waals surface area contributed by atoms with E-state index in [0.29, 0.717) is 0 Å². The molecular weight excluding hydrogens is 320 g/mol. The van der Waals surface area contributed by atoms with Gasteiger partial charge < -0.3 is 30.8 Å². The number of aliphatic hydroxyl groups is 3. The molecule has 1 aliphatic heterocycles. The molecule has 0 amide bonds. The van der Waals surface area contributed by atoms with E-state index in [2.05, 4.69) is 11.6 Å². The predicted octanol–water partition coefficient (Wildman–Crippen LogP) is -2.13. The summed E-state index contributed by atoms with van der Waals surface area (Å²) >= 11 is 0. The lowest BCUT2D eigenvalue weighted by Gasteiger charge is -2.16. The van der Waals surface area contributed by atoms with Crippen molar-refractivity contribution >= 4 is 16.9 Å².